The van der Waals surface area contributed by atoms with Gasteiger partial charge in [-0.2, -0.15) is 0 Å². The summed E-state index contributed by atoms with van der Waals surface area (Å²) >= 11 is 0. The number of aromatic nitrogens is 1. The highest BCUT2D eigenvalue weighted by Crippen LogP contribution is 2.14. The lowest BCUT2D eigenvalue weighted by Crippen LogP contribution is -2.44. The van der Waals surface area contributed by atoms with Crippen LogP contribution in [0.4, 0.5) is 4.79 Å². The molecule has 2 N–H and O–H groups in total. The van der Waals surface area contributed by atoms with Gasteiger partial charge < -0.3 is 20.1 Å². The van der Waals surface area contributed by atoms with Gasteiger partial charge in [0.25, 0.3) is 0 Å². The lowest BCUT2D eigenvalue weighted by atomic mass is 10.2. The fourth-order valence-electron chi connectivity index (χ4n) is 2.59. The smallest absolute Gasteiger partial charge is 0.315 e. The number of carbonyl (C=O) groups excluding carboxylic acids is 1. The van der Waals surface area contributed by atoms with Crippen LogP contribution < -0.4 is 15.4 Å². The lowest BCUT2D eigenvalue weighted by Gasteiger charge is -2.17. The number of ether oxygens (including phenoxy) is 2. The highest BCUT2D eigenvalue weighted by molar-refractivity contribution is 5.74. The van der Waals surface area contributed by atoms with Crippen LogP contribution in [0, 0.1) is 0 Å². The molecule has 2 heterocycles. The normalized spacial score (nSPS) is 17.9. The predicted octanol–water partition coefficient (Wildman–Crippen LogP) is 1.00. The van der Waals surface area contributed by atoms with Crippen molar-refractivity contribution in [3.8, 4) is 5.88 Å². The Kier molecular flexibility index (Phi) is 7.09. The molecule has 0 spiro atoms. The number of hydrogen-bond donors (Lipinski definition) is 2. The number of methoxy groups -OCH3 is 1. The van der Waals surface area contributed by atoms with Crippen molar-refractivity contribution in [1.82, 2.24) is 20.5 Å². The summed E-state index contributed by atoms with van der Waals surface area (Å²) in [5, 5.41) is 5.77. The van der Waals surface area contributed by atoms with Crippen LogP contribution in [0.3, 0.4) is 0 Å². The molecule has 2 rings (SSSR count). The van der Waals surface area contributed by atoms with E-state index in [1.54, 1.807) is 7.11 Å². The average Bonchev–Trinajstić information content (AvgIpc) is 2.97. The molecule has 0 bridgehead atoms. The number of nitrogens with one attached hydrogen (secondary N) is 2. The zero-order valence-corrected chi connectivity index (χ0v) is 13.9. The largest absolute Gasteiger partial charge is 0.478 e. The number of amides is 2. The SMILES string of the molecule is CCOc1ccc(CN2CC[C@@H](NC(=O)NCCOC)C2)cn1. The van der Waals surface area contributed by atoms with Crippen LogP contribution >= 0.6 is 0 Å². The number of urea groups is 1. The molecule has 1 atom stereocenters. The van der Waals surface area contributed by atoms with Crippen LogP contribution in [0.1, 0.15) is 18.9 Å². The van der Waals surface area contributed by atoms with Crippen LogP contribution in [0.15, 0.2) is 18.3 Å². The molecule has 23 heavy (non-hydrogen) atoms. The van der Waals surface area contributed by atoms with Crippen LogP contribution in [-0.4, -0.2) is 61.9 Å². The van der Waals surface area contributed by atoms with E-state index in [0.29, 0.717) is 25.6 Å². The molecule has 2 amide bonds. The Balaban J connectivity index is 1.71. The van der Waals surface area contributed by atoms with E-state index in [1.807, 2.05) is 25.3 Å². The summed E-state index contributed by atoms with van der Waals surface area (Å²) in [6.07, 6.45) is 2.81. The molecule has 0 unspecified atom stereocenters. The molecule has 1 aliphatic rings. The number of hydrogen-bond acceptors (Lipinski definition) is 5. The summed E-state index contributed by atoms with van der Waals surface area (Å²) < 4.78 is 10.2. The van der Waals surface area contributed by atoms with Gasteiger partial charge in [0, 0.05) is 51.6 Å². The van der Waals surface area contributed by atoms with E-state index >= 15 is 0 Å². The molecule has 1 fully saturated rings. The van der Waals surface area contributed by atoms with Gasteiger partial charge in [0.15, 0.2) is 0 Å². The van der Waals surface area contributed by atoms with Crippen LogP contribution in [0.25, 0.3) is 0 Å². The Morgan fingerprint density at radius 3 is 3.04 bits per heavy atom. The molecular formula is C16H26N4O3. The second kappa shape index (κ2) is 9.32. The zero-order chi connectivity index (χ0) is 16.5. The minimum atomic E-state index is -0.128. The maximum atomic E-state index is 11.7. The Morgan fingerprint density at radius 2 is 2.35 bits per heavy atom. The van der Waals surface area contributed by atoms with E-state index in [-0.39, 0.29) is 12.1 Å². The van der Waals surface area contributed by atoms with E-state index in [4.69, 9.17) is 9.47 Å². The highest BCUT2D eigenvalue weighted by Gasteiger charge is 2.23. The van der Waals surface area contributed by atoms with Crippen molar-refractivity contribution in [3.63, 3.8) is 0 Å². The van der Waals surface area contributed by atoms with Gasteiger partial charge in [-0.3, -0.25) is 4.90 Å². The molecular weight excluding hydrogens is 296 g/mol. The molecule has 7 heteroatoms. The molecule has 0 saturated carbocycles. The van der Waals surface area contributed by atoms with Crippen LogP contribution in [0.5, 0.6) is 5.88 Å². The van der Waals surface area contributed by atoms with Crippen molar-refractivity contribution < 1.29 is 14.3 Å². The Morgan fingerprint density at radius 1 is 1.48 bits per heavy atom. The fraction of sp³-hybridized carbons (Fsp3) is 0.625. The molecule has 7 nitrogen and oxygen atoms in total. The number of pyridine rings is 1. The minimum Gasteiger partial charge on any atom is -0.478 e. The first-order valence-corrected chi connectivity index (χ1v) is 8.04. The zero-order valence-electron chi connectivity index (χ0n) is 13.9. The molecule has 0 aromatic carbocycles. The first-order valence-electron chi connectivity index (χ1n) is 8.04. The van der Waals surface area contributed by atoms with Crippen molar-refractivity contribution in [3.05, 3.63) is 23.9 Å². The topological polar surface area (TPSA) is 75.7 Å². The second-order valence-electron chi connectivity index (χ2n) is 5.55. The summed E-state index contributed by atoms with van der Waals surface area (Å²) in [5.41, 5.74) is 1.15. The van der Waals surface area contributed by atoms with E-state index < -0.39 is 0 Å². The van der Waals surface area contributed by atoms with Gasteiger partial charge in [0.2, 0.25) is 5.88 Å². The summed E-state index contributed by atoms with van der Waals surface area (Å²) in [7, 11) is 1.62. The second-order valence-corrected chi connectivity index (χ2v) is 5.55. The van der Waals surface area contributed by atoms with Gasteiger partial charge >= 0.3 is 6.03 Å². The molecule has 1 aromatic rings. The molecule has 1 aliphatic heterocycles. The molecule has 0 aliphatic carbocycles. The molecule has 0 radical (unpaired) electrons. The maximum absolute atomic E-state index is 11.7. The summed E-state index contributed by atoms with van der Waals surface area (Å²) in [6.45, 7) is 6.27. The fourth-order valence-corrected chi connectivity index (χ4v) is 2.59. The molecule has 1 aromatic heterocycles. The van der Waals surface area contributed by atoms with E-state index in [2.05, 4.69) is 20.5 Å². The standard InChI is InChI=1S/C16H26N4O3/c1-3-23-15-5-4-13(10-18-15)11-20-8-6-14(12-20)19-16(21)17-7-9-22-2/h4-5,10,14H,3,6-9,11-12H2,1-2H3,(H2,17,19,21)/t14-/m1/s1. The molecule has 128 valence electrons. The van der Waals surface area contributed by atoms with Crippen molar-refractivity contribution in [2.75, 3.05) is 40.0 Å². The van der Waals surface area contributed by atoms with Gasteiger partial charge in [-0.15, -0.1) is 0 Å². The number of carbonyl (C=O) groups is 1. The van der Waals surface area contributed by atoms with E-state index in [9.17, 15) is 4.79 Å². The average molecular weight is 322 g/mol. The third-order valence-electron chi connectivity index (χ3n) is 3.70. The van der Waals surface area contributed by atoms with Crippen LogP contribution in [0.2, 0.25) is 0 Å². The highest BCUT2D eigenvalue weighted by atomic mass is 16.5. The van der Waals surface area contributed by atoms with Crippen molar-refractivity contribution >= 4 is 6.03 Å². The monoisotopic (exact) mass is 322 g/mol. The van der Waals surface area contributed by atoms with Gasteiger partial charge in [-0.1, -0.05) is 6.07 Å². The summed E-state index contributed by atoms with van der Waals surface area (Å²) in [4.78, 5) is 18.3. The third kappa shape index (κ3) is 6.03. The molecule has 1 saturated heterocycles. The van der Waals surface area contributed by atoms with Gasteiger partial charge in [-0.05, 0) is 18.9 Å². The number of rotatable bonds is 8. The van der Waals surface area contributed by atoms with Crippen molar-refractivity contribution in [2.45, 2.75) is 25.9 Å². The number of nitrogens with zero attached hydrogens (tertiary/aromatic N) is 2. The van der Waals surface area contributed by atoms with Gasteiger partial charge in [-0.25, -0.2) is 9.78 Å². The predicted molar refractivity (Wildman–Crippen MR) is 87.5 cm³/mol. The minimum absolute atomic E-state index is 0.128. The quantitative estimate of drug-likeness (QED) is 0.698. The third-order valence-corrected chi connectivity index (χ3v) is 3.70. The first kappa shape index (κ1) is 17.5. The van der Waals surface area contributed by atoms with Crippen molar-refractivity contribution in [2.24, 2.45) is 0 Å². The Hall–Kier alpha value is -1.86. The van der Waals surface area contributed by atoms with Crippen molar-refractivity contribution in [1.29, 1.82) is 0 Å². The number of likely N-dealkylation sites (tertiary alicyclic amines) is 1. The van der Waals surface area contributed by atoms with E-state index in [0.717, 1.165) is 31.6 Å². The van der Waals surface area contributed by atoms with Gasteiger partial charge in [0.1, 0.15) is 0 Å². The van der Waals surface area contributed by atoms with E-state index in [1.165, 1.54) is 0 Å². The van der Waals surface area contributed by atoms with Crippen LogP contribution in [-0.2, 0) is 11.3 Å². The maximum Gasteiger partial charge on any atom is 0.315 e. The summed E-state index contributed by atoms with van der Waals surface area (Å²) in [5.74, 6) is 0.657. The Labute approximate surface area is 137 Å². The lowest BCUT2D eigenvalue weighted by molar-refractivity contribution is 0.195. The van der Waals surface area contributed by atoms with Gasteiger partial charge in [0.05, 0.1) is 13.2 Å². The summed E-state index contributed by atoms with van der Waals surface area (Å²) in [6, 6.07) is 3.99. The Bertz CT molecular complexity index is 481. The first-order chi connectivity index (χ1) is 11.2.